The number of carbonyl (C=O) groups excluding carboxylic acids is 1. The molecule has 0 saturated heterocycles. The SMILES string of the molecule is Cc1ccc(C(=O)NCc2nc(-c3ccco3)n[nH]2)cc1. The lowest BCUT2D eigenvalue weighted by atomic mass is 10.1. The Morgan fingerprint density at radius 3 is 2.81 bits per heavy atom. The van der Waals surface area contributed by atoms with E-state index >= 15 is 0 Å². The van der Waals surface area contributed by atoms with Crippen LogP contribution < -0.4 is 5.32 Å². The van der Waals surface area contributed by atoms with Gasteiger partial charge in [-0.3, -0.25) is 9.89 Å². The monoisotopic (exact) mass is 282 g/mol. The van der Waals surface area contributed by atoms with Crippen molar-refractivity contribution in [1.29, 1.82) is 0 Å². The van der Waals surface area contributed by atoms with Gasteiger partial charge in [0.1, 0.15) is 5.82 Å². The average molecular weight is 282 g/mol. The maximum absolute atomic E-state index is 12.0. The summed E-state index contributed by atoms with van der Waals surface area (Å²) in [4.78, 5) is 16.2. The molecule has 3 aromatic rings. The lowest BCUT2D eigenvalue weighted by molar-refractivity contribution is 0.0950. The van der Waals surface area contributed by atoms with Crippen molar-refractivity contribution in [2.45, 2.75) is 13.5 Å². The molecule has 106 valence electrons. The van der Waals surface area contributed by atoms with Gasteiger partial charge in [0.15, 0.2) is 5.76 Å². The third-order valence-electron chi connectivity index (χ3n) is 3.00. The number of carbonyl (C=O) groups is 1. The van der Waals surface area contributed by atoms with Gasteiger partial charge in [-0.1, -0.05) is 17.7 Å². The molecular formula is C15H14N4O2. The van der Waals surface area contributed by atoms with Gasteiger partial charge in [0.05, 0.1) is 12.8 Å². The Hall–Kier alpha value is -2.89. The number of nitrogens with zero attached hydrogens (tertiary/aromatic N) is 2. The Morgan fingerprint density at radius 1 is 1.29 bits per heavy atom. The molecule has 0 spiro atoms. The molecule has 0 unspecified atom stereocenters. The van der Waals surface area contributed by atoms with Gasteiger partial charge >= 0.3 is 0 Å². The van der Waals surface area contributed by atoms with Crippen molar-refractivity contribution in [3.05, 3.63) is 59.6 Å². The fourth-order valence-electron chi connectivity index (χ4n) is 1.86. The zero-order valence-corrected chi connectivity index (χ0v) is 11.5. The minimum absolute atomic E-state index is 0.147. The minimum Gasteiger partial charge on any atom is -0.461 e. The van der Waals surface area contributed by atoms with Crippen LogP contribution in [0.15, 0.2) is 47.1 Å². The van der Waals surface area contributed by atoms with Crippen molar-refractivity contribution >= 4 is 5.91 Å². The standard InChI is InChI=1S/C15H14N4O2/c1-10-4-6-11(7-5-10)15(20)16-9-13-17-14(19-18-13)12-3-2-8-21-12/h2-8H,9H2,1H3,(H,16,20)(H,17,18,19). The zero-order valence-electron chi connectivity index (χ0n) is 11.5. The first-order valence-corrected chi connectivity index (χ1v) is 6.52. The number of furan rings is 1. The van der Waals surface area contributed by atoms with E-state index in [1.54, 1.807) is 30.5 Å². The summed E-state index contributed by atoms with van der Waals surface area (Å²) in [6.45, 7) is 2.26. The van der Waals surface area contributed by atoms with Gasteiger partial charge in [-0.15, -0.1) is 5.10 Å². The highest BCUT2D eigenvalue weighted by Crippen LogP contribution is 2.14. The summed E-state index contributed by atoms with van der Waals surface area (Å²) < 4.78 is 5.21. The van der Waals surface area contributed by atoms with Crippen molar-refractivity contribution in [1.82, 2.24) is 20.5 Å². The quantitative estimate of drug-likeness (QED) is 0.769. The van der Waals surface area contributed by atoms with Crippen LogP contribution >= 0.6 is 0 Å². The molecule has 0 aliphatic heterocycles. The Morgan fingerprint density at radius 2 is 2.10 bits per heavy atom. The fraction of sp³-hybridized carbons (Fsp3) is 0.133. The molecule has 2 N–H and O–H groups in total. The van der Waals surface area contributed by atoms with Gasteiger partial charge in [0.2, 0.25) is 5.82 Å². The molecule has 2 heterocycles. The number of rotatable bonds is 4. The van der Waals surface area contributed by atoms with Crippen molar-refractivity contribution in [2.75, 3.05) is 0 Å². The minimum atomic E-state index is -0.147. The lowest BCUT2D eigenvalue weighted by Gasteiger charge is -2.03. The largest absolute Gasteiger partial charge is 0.461 e. The highest BCUT2D eigenvalue weighted by atomic mass is 16.3. The number of hydrogen-bond acceptors (Lipinski definition) is 4. The average Bonchev–Trinajstić information content (AvgIpc) is 3.16. The Balaban J connectivity index is 1.62. The molecule has 0 atom stereocenters. The van der Waals surface area contributed by atoms with Crippen molar-refractivity contribution in [2.24, 2.45) is 0 Å². The van der Waals surface area contributed by atoms with Gasteiger partial charge in [-0.05, 0) is 31.2 Å². The van der Waals surface area contributed by atoms with Crippen LogP contribution in [0.5, 0.6) is 0 Å². The zero-order chi connectivity index (χ0) is 14.7. The van der Waals surface area contributed by atoms with Crippen LogP contribution in [0.2, 0.25) is 0 Å². The Bertz CT molecular complexity index is 729. The molecule has 0 aliphatic carbocycles. The summed E-state index contributed by atoms with van der Waals surface area (Å²) in [7, 11) is 0. The van der Waals surface area contributed by atoms with E-state index < -0.39 is 0 Å². The van der Waals surface area contributed by atoms with E-state index in [4.69, 9.17) is 4.42 Å². The maximum atomic E-state index is 12.0. The molecular weight excluding hydrogens is 268 g/mol. The van der Waals surface area contributed by atoms with Gasteiger partial charge in [-0.2, -0.15) is 0 Å². The molecule has 6 nitrogen and oxygen atoms in total. The van der Waals surface area contributed by atoms with Crippen molar-refractivity contribution < 1.29 is 9.21 Å². The van der Waals surface area contributed by atoms with Gasteiger partial charge in [-0.25, -0.2) is 4.98 Å². The molecule has 0 radical (unpaired) electrons. The predicted molar refractivity (Wildman–Crippen MR) is 76.4 cm³/mol. The second kappa shape index (κ2) is 5.62. The predicted octanol–water partition coefficient (Wildman–Crippen LogP) is 2.30. The van der Waals surface area contributed by atoms with Gasteiger partial charge in [0.25, 0.3) is 5.91 Å². The van der Waals surface area contributed by atoms with Crippen molar-refractivity contribution in [3.8, 4) is 11.6 Å². The first kappa shape index (κ1) is 13.1. The number of amides is 1. The highest BCUT2D eigenvalue weighted by molar-refractivity contribution is 5.94. The van der Waals surface area contributed by atoms with E-state index in [0.717, 1.165) is 5.56 Å². The lowest BCUT2D eigenvalue weighted by Crippen LogP contribution is -2.23. The number of hydrogen-bond donors (Lipinski definition) is 2. The second-order valence-electron chi connectivity index (χ2n) is 4.63. The third kappa shape index (κ3) is 3.00. The molecule has 3 rings (SSSR count). The first-order valence-electron chi connectivity index (χ1n) is 6.52. The van der Waals surface area contributed by atoms with Crippen LogP contribution in [-0.4, -0.2) is 21.1 Å². The fourth-order valence-corrected chi connectivity index (χ4v) is 1.86. The van der Waals surface area contributed by atoms with Gasteiger partial charge < -0.3 is 9.73 Å². The summed E-state index contributed by atoms with van der Waals surface area (Å²) in [5.41, 5.74) is 1.73. The molecule has 2 aromatic heterocycles. The maximum Gasteiger partial charge on any atom is 0.251 e. The van der Waals surface area contributed by atoms with E-state index in [0.29, 0.717) is 23.0 Å². The number of aromatic amines is 1. The van der Waals surface area contributed by atoms with Crippen LogP contribution in [0.3, 0.4) is 0 Å². The van der Waals surface area contributed by atoms with E-state index in [1.807, 2.05) is 19.1 Å². The van der Waals surface area contributed by atoms with Crippen LogP contribution in [0, 0.1) is 6.92 Å². The van der Waals surface area contributed by atoms with Crippen molar-refractivity contribution in [3.63, 3.8) is 0 Å². The molecule has 1 amide bonds. The van der Waals surface area contributed by atoms with Crippen LogP contribution in [-0.2, 0) is 6.54 Å². The van der Waals surface area contributed by atoms with E-state index in [2.05, 4.69) is 20.5 Å². The van der Waals surface area contributed by atoms with E-state index in [1.165, 1.54) is 0 Å². The summed E-state index contributed by atoms with van der Waals surface area (Å²) in [5, 5.41) is 9.60. The number of aromatic nitrogens is 3. The number of H-pyrrole nitrogens is 1. The van der Waals surface area contributed by atoms with Gasteiger partial charge in [0, 0.05) is 5.56 Å². The molecule has 0 aliphatic rings. The highest BCUT2D eigenvalue weighted by Gasteiger charge is 2.10. The topological polar surface area (TPSA) is 83.8 Å². The molecule has 0 saturated carbocycles. The summed E-state index contributed by atoms with van der Waals surface area (Å²) in [6, 6.07) is 10.9. The summed E-state index contributed by atoms with van der Waals surface area (Å²) in [6.07, 6.45) is 1.56. The normalized spacial score (nSPS) is 10.5. The molecule has 1 aromatic carbocycles. The van der Waals surface area contributed by atoms with E-state index in [-0.39, 0.29) is 12.5 Å². The molecule has 6 heteroatoms. The molecule has 0 fully saturated rings. The Kier molecular flexibility index (Phi) is 3.51. The Labute approximate surface area is 121 Å². The smallest absolute Gasteiger partial charge is 0.251 e. The molecule has 21 heavy (non-hydrogen) atoms. The summed E-state index contributed by atoms with van der Waals surface area (Å²) in [5.74, 6) is 1.48. The number of nitrogens with one attached hydrogen (secondary N) is 2. The third-order valence-corrected chi connectivity index (χ3v) is 3.00. The first-order chi connectivity index (χ1) is 10.2. The van der Waals surface area contributed by atoms with E-state index in [9.17, 15) is 4.79 Å². The number of benzene rings is 1. The molecule has 0 bridgehead atoms. The van der Waals surface area contributed by atoms with Crippen LogP contribution in [0.4, 0.5) is 0 Å². The second-order valence-corrected chi connectivity index (χ2v) is 4.63. The van der Waals surface area contributed by atoms with Crippen LogP contribution in [0.1, 0.15) is 21.7 Å². The summed E-state index contributed by atoms with van der Waals surface area (Å²) >= 11 is 0. The van der Waals surface area contributed by atoms with Crippen LogP contribution in [0.25, 0.3) is 11.6 Å². The number of aryl methyl sites for hydroxylation is 1.